The highest BCUT2D eigenvalue weighted by atomic mass is 32.1. The van der Waals surface area contributed by atoms with E-state index in [1.807, 2.05) is 210 Å². The molecule has 26 heteroatoms. The second-order valence-electron chi connectivity index (χ2n) is 19.0. The number of pyridine rings is 4. The van der Waals surface area contributed by atoms with E-state index >= 15 is 0 Å². The lowest BCUT2D eigenvalue weighted by Crippen LogP contribution is -2.24. The number of amides is 2. The molecule has 0 radical (unpaired) electrons. The Morgan fingerprint density at radius 2 is 1.21 bits per heavy atom. The number of hydrogen-bond donors (Lipinski definition) is 6. The van der Waals surface area contributed by atoms with Crippen LogP contribution in [0.4, 0.5) is 0 Å². The third-order valence-corrected chi connectivity index (χ3v) is 13.8. The van der Waals surface area contributed by atoms with E-state index < -0.39 is 0 Å². The fourth-order valence-electron chi connectivity index (χ4n) is 7.85. The molecule has 20 rings (SSSR count). The number of carbonyl (C=O) groups excluding carboxylic acids is 2. The Labute approximate surface area is 569 Å². The number of aromatic amines is 7. The van der Waals surface area contributed by atoms with Crippen molar-refractivity contribution in [3.63, 3.8) is 0 Å². The Balaban J connectivity index is 0.000000137. The SMILES string of the molecule is CN1C(=O)c2ccccc2C1=O.c1c[nH]cn1.c1cc[n+]2cn[nH]c2c1.c1ccc2[nH+]c[nH]c2c1.c1ccc2[nH]ncc2c1.c1ccc2occc2c1.c1ccc2scnc2c1.c1ccncc1.c1ccoc1.c1cn[nH]c1.c1cnc2cccnc2c1.c1cscn1.c1nc[nH]n1. The molecule has 0 fully saturated rings. The number of fused-ring (bicyclic) bond motifs is 7. The topological polar surface area (TPSA) is 318 Å². The predicted molar refractivity (Wildman–Crippen MR) is 380 cm³/mol. The highest BCUT2D eigenvalue weighted by Crippen LogP contribution is 2.20. The molecule has 2 amide bonds. The lowest BCUT2D eigenvalue weighted by molar-refractivity contribution is -0.512. The summed E-state index contributed by atoms with van der Waals surface area (Å²) in [6.45, 7) is 0. The number of benzene rings is 5. The number of furan rings is 2. The van der Waals surface area contributed by atoms with Crippen LogP contribution in [0.5, 0.6) is 0 Å². The molecular formula is C72H66N20O4S2+2. The Kier molecular flexibility index (Phi) is 30.5. The predicted octanol–water partition coefficient (Wildman–Crippen LogP) is 14.1. The van der Waals surface area contributed by atoms with E-state index in [2.05, 4.69) is 101 Å². The number of aromatic nitrogens is 19. The van der Waals surface area contributed by atoms with Gasteiger partial charge in [-0.3, -0.25) is 49.7 Å². The second-order valence-corrected chi connectivity index (χ2v) is 20.6. The number of nitrogens with zero attached hydrogens (tertiary/aromatic N) is 13. The van der Waals surface area contributed by atoms with Gasteiger partial charge in [-0.2, -0.15) is 15.3 Å². The van der Waals surface area contributed by atoms with E-state index in [9.17, 15) is 9.59 Å². The summed E-state index contributed by atoms with van der Waals surface area (Å²) in [6.07, 6.45) is 32.6. The maximum absolute atomic E-state index is 11.3. The average molecular weight is 1340 g/mol. The quantitative estimate of drug-likeness (QED) is 0.0607. The van der Waals surface area contributed by atoms with Gasteiger partial charge in [0.25, 0.3) is 23.8 Å². The molecule has 0 atom stereocenters. The van der Waals surface area contributed by atoms with Gasteiger partial charge in [0.1, 0.15) is 18.2 Å². The molecule has 0 spiro atoms. The number of imide groups is 1. The molecule has 7 N–H and O–H groups in total. The van der Waals surface area contributed by atoms with Crippen LogP contribution in [0, 0.1) is 0 Å². The van der Waals surface area contributed by atoms with Crippen LogP contribution in [-0.2, 0) is 0 Å². The van der Waals surface area contributed by atoms with E-state index in [1.54, 1.807) is 140 Å². The number of carbonyl (C=O) groups is 2. The van der Waals surface area contributed by atoms with Crippen LogP contribution in [-0.4, -0.2) is 109 Å². The molecule has 0 saturated heterocycles. The van der Waals surface area contributed by atoms with Crippen LogP contribution in [0.2, 0.25) is 0 Å². The number of H-pyrrole nitrogens is 7. The molecule has 0 aliphatic carbocycles. The first-order chi connectivity index (χ1) is 48.5. The Bertz CT molecular complexity index is 4170. The standard InChI is InChI=1S/C9H7NO2.C8H6N2.C8H6O.2C7H6N2.C7H5NS.C6H5N3.C5H5N.C4H4O.2C3H4N2.C3H3NS.C2H3N3/c1-10-8(11)6-4-2-3-5-7(6)9(10)12;1-3-7-8(9-5-1)4-2-6-10-7;1-2-4-8-7(3-1)5-6-9-8;1-2-4-7-6(3-1)8-5-9-7;1-2-4-7-6(3-1)5-8-9-7;1-2-4-7-6(3-1)8-5-9-7;1-2-4-9-5-7-8-6(9)3-1;1-2-4-6-5-3-1;1-2-4-5-3-1;1-2-5-3-4-1;1-2-4-5-3-1;1-2-5-3-4-1;1-3-2-5-4-1/h2-5H,1H3;1-6H;1-6H;2*1-5H,(H,8,9);2*1-5H;1-5H;1-4H;2*1-3H,(H,4,5);1-3H;1-2H,(H,3,4,5)/p+2. The van der Waals surface area contributed by atoms with Gasteiger partial charge in [0.05, 0.1) is 86.4 Å². The number of rotatable bonds is 0. The zero-order valence-corrected chi connectivity index (χ0v) is 54.2. The molecule has 14 aromatic heterocycles. The molecule has 488 valence electrons. The maximum Gasteiger partial charge on any atom is 0.269 e. The van der Waals surface area contributed by atoms with E-state index in [-0.39, 0.29) is 11.8 Å². The summed E-state index contributed by atoms with van der Waals surface area (Å²) in [4.78, 5) is 59.8. The lowest BCUT2D eigenvalue weighted by Gasteiger charge is -2.02. The fraction of sp³-hybridized carbons (Fsp3) is 0.0139. The summed E-state index contributed by atoms with van der Waals surface area (Å²) in [5, 5.41) is 29.9. The first kappa shape index (κ1) is 70.3. The summed E-state index contributed by atoms with van der Waals surface area (Å²) < 4.78 is 12.9. The van der Waals surface area contributed by atoms with Gasteiger partial charge in [-0.15, -0.1) is 27.8 Å². The molecule has 1 aliphatic rings. The Hall–Kier alpha value is -13.6. The van der Waals surface area contributed by atoms with Crippen molar-refractivity contribution in [1.82, 2.24) is 90.5 Å². The van der Waals surface area contributed by atoms with Crippen molar-refractivity contribution >= 4 is 94.3 Å². The molecule has 24 nitrogen and oxygen atoms in total. The first-order valence-electron chi connectivity index (χ1n) is 29.7. The van der Waals surface area contributed by atoms with Gasteiger partial charge in [-0.25, -0.2) is 29.3 Å². The number of thiazole rings is 2. The highest BCUT2D eigenvalue weighted by Gasteiger charge is 2.31. The monoisotopic (exact) mass is 1340 g/mol. The van der Waals surface area contributed by atoms with Gasteiger partial charge in [-0.1, -0.05) is 84.9 Å². The molecular weight excluding hydrogens is 1270 g/mol. The van der Waals surface area contributed by atoms with Crippen molar-refractivity contribution in [3.05, 3.63) is 352 Å². The van der Waals surface area contributed by atoms with Crippen molar-refractivity contribution in [2.75, 3.05) is 7.05 Å². The highest BCUT2D eigenvalue weighted by molar-refractivity contribution is 7.16. The van der Waals surface area contributed by atoms with Gasteiger partial charge < -0.3 is 13.8 Å². The minimum absolute atomic E-state index is 0.212. The smallest absolute Gasteiger partial charge is 0.269 e. The summed E-state index contributed by atoms with van der Waals surface area (Å²) in [5.41, 5.74) is 13.0. The molecule has 0 bridgehead atoms. The number of imidazole rings is 2. The van der Waals surface area contributed by atoms with E-state index in [4.69, 9.17) is 4.42 Å². The van der Waals surface area contributed by atoms with Crippen molar-refractivity contribution in [3.8, 4) is 0 Å². The summed E-state index contributed by atoms with van der Waals surface area (Å²) >= 11 is 3.28. The molecule has 19 aromatic rings. The minimum atomic E-state index is -0.212. The van der Waals surface area contributed by atoms with Crippen molar-refractivity contribution in [2.24, 2.45) is 0 Å². The van der Waals surface area contributed by atoms with E-state index in [0.29, 0.717) is 11.1 Å². The fourth-order valence-corrected chi connectivity index (χ4v) is 8.88. The van der Waals surface area contributed by atoms with Gasteiger partial charge in [0.2, 0.25) is 6.33 Å². The third kappa shape index (κ3) is 25.1. The summed E-state index contributed by atoms with van der Waals surface area (Å²) in [7, 11) is 1.49. The zero-order chi connectivity index (χ0) is 68.0. The Morgan fingerprint density at radius 1 is 0.500 bits per heavy atom. The van der Waals surface area contributed by atoms with E-state index in [1.165, 1.54) is 24.4 Å². The largest absolute Gasteiger partial charge is 0.473 e. The maximum atomic E-state index is 11.3. The average Bonchev–Trinajstić information content (AvgIpc) is 1.65. The summed E-state index contributed by atoms with van der Waals surface area (Å²) in [6, 6.07) is 65.7. The molecule has 0 saturated carbocycles. The van der Waals surface area contributed by atoms with Crippen molar-refractivity contribution in [2.45, 2.75) is 0 Å². The van der Waals surface area contributed by atoms with Crippen LogP contribution in [0.3, 0.4) is 0 Å². The zero-order valence-electron chi connectivity index (χ0n) is 52.6. The van der Waals surface area contributed by atoms with Crippen LogP contribution in [0.15, 0.2) is 350 Å². The van der Waals surface area contributed by atoms with Crippen LogP contribution in [0.25, 0.3) is 59.8 Å². The van der Waals surface area contributed by atoms with E-state index in [0.717, 1.165) is 60.0 Å². The van der Waals surface area contributed by atoms with Gasteiger partial charge >= 0.3 is 0 Å². The molecule has 5 aromatic carbocycles. The number of hydrogen-bond acceptors (Lipinski definition) is 17. The molecule has 98 heavy (non-hydrogen) atoms. The number of para-hydroxylation sites is 5. The van der Waals surface area contributed by atoms with Gasteiger partial charge in [0, 0.05) is 90.1 Å². The second kappa shape index (κ2) is 42.5. The Morgan fingerprint density at radius 3 is 1.77 bits per heavy atom. The lowest BCUT2D eigenvalue weighted by atomic mass is 10.1. The van der Waals surface area contributed by atoms with Crippen molar-refractivity contribution < 1.29 is 27.8 Å². The van der Waals surface area contributed by atoms with Crippen LogP contribution >= 0.6 is 22.7 Å². The molecule has 15 heterocycles. The first-order valence-corrected chi connectivity index (χ1v) is 31.5. The van der Waals surface area contributed by atoms with Gasteiger partial charge in [-0.05, 0) is 115 Å². The molecule has 1 aliphatic heterocycles. The van der Waals surface area contributed by atoms with Crippen molar-refractivity contribution in [1.29, 1.82) is 0 Å². The minimum Gasteiger partial charge on any atom is -0.473 e. The van der Waals surface area contributed by atoms with Crippen LogP contribution in [0.1, 0.15) is 20.7 Å². The van der Waals surface area contributed by atoms with Crippen LogP contribution < -0.4 is 9.38 Å². The van der Waals surface area contributed by atoms with Gasteiger partial charge in [0.15, 0.2) is 11.0 Å². The third-order valence-electron chi connectivity index (χ3n) is 12.4. The molecule has 0 unspecified atom stereocenters. The summed E-state index contributed by atoms with van der Waals surface area (Å²) in [5.74, 6) is -0.425. The normalized spacial score (nSPS) is 10.1. The number of nitrogens with one attached hydrogen (secondary N) is 7.